The van der Waals surface area contributed by atoms with Crippen molar-refractivity contribution in [2.75, 3.05) is 10.8 Å². The summed E-state index contributed by atoms with van der Waals surface area (Å²) < 4.78 is 28.8. The van der Waals surface area contributed by atoms with E-state index in [1.165, 1.54) is 17.0 Å². The molecule has 1 fully saturated rings. The minimum absolute atomic E-state index is 0.0545. The molecule has 1 N–H and O–H groups in total. The van der Waals surface area contributed by atoms with Crippen molar-refractivity contribution in [3.05, 3.63) is 95.0 Å². The Hall–Kier alpha value is -3.36. The third kappa shape index (κ3) is 6.99. The molecular formula is C30H34ClN3O4S. The van der Waals surface area contributed by atoms with E-state index in [9.17, 15) is 18.0 Å². The molecule has 0 spiro atoms. The predicted molar refractivity (Wildman–Crippen MR) is 154 cm³/mol. The van der Waals surface area contributed by atoms with Crippen LogP contribution in [0.15, 0.2) is 83.8 Å². The van der Waals surface area contributed by atoms with Crippen LogP contribution >= 0.6 is 11.6 Å². The maximum Gasteiger partial charge on any atom is 0.264 e. The molecule has 1 saturated carbocycles. The SMILES string of the molecule is Cc1ccc(Cl)cc1N(CC(=O)N(Cc1ccccc1)[C@@H](C)C(=O)NC1CCCC1)S(=O)(=O)c1ccccc1. The number of carbonyl (C=O) groups is 2. The van der Waals surface area contributed by atoms with E-state index < -0.39 is 28.5 Å². The monoisotopic (exact) mass is 567 g/mol. The third-order valence-corrected chi connectivity index (χ3v) is 9.12. The molecule has 3 aromatic rings. The van der Waals surface area contributed by atoms with Crippen molar-refractivity contribution in [2.45, 2.75) is 63.1 Å². The lowest BCUT2D eigenvalue weighted by Gasteiger charge is -2.33. The Morgan fingerprint density at radius 3 is 2.23 bits per heavy atom. The number of hydrogen-bond donors (Lipinski definition) is 1. The van der Waals surface area contributed by atoms with Crippen LogP contribution in [0, 0.1) is 6.92 Å². The second-order valence-corrected chi connectivity index (χ2v) is 12.2. The number of benzene rings is 3. The Bertz CT molecular complexity index is 1390. The van der Waals surface area contributed by atoms with Crippen LogP contribution in [0.2, 0.25) is 5.02 Å². The lowest BCUT2D eigenvalue weighted by atomic mass is 10.1. The molecule has 39 heavy (non-hydrogen) atoms. The Morgan fingerprint density at radius 2 is 1.59 bits per heavy atom. The van der Waals surface area contributed by atoms with E-state index in [4.69, 9.17) is 11.6 Å². The highest BCUT2D eigenvalue weighted by atomic mass is 35.5. The first kappa shape index (κ1) is 28.6. The molecule has 0 bridgehead atoms. The van der Waals surface area contributed by atoms with E-state index in [-0.39, 0.29) is 23.4 Å². The number of sulfonamides is 1. The summed E-state index contributed by atoms with van der Waals surface area (Å²) in [6, 6.07) is 21.6. The lowest BCUT2D eigenvalue weighted by molar-refractivity contribution is -0.139. The van der Waals surface area contributed by atoms with Gasteiger partial charge < -0.3 is 10.2 Å². The highest BCUT2D eigenvalue weighted by Crippen LogP contribution is 2.30. The average molecular weight is 568 g/mol. The van der Waals surface area contributed by atoms with Crippen molar-refractivity contribution < 1.29 is 18.0 Å². The molecule has 9 heteroatoms. The van der Waals surface area contributed by atoms with E-state index in [0.717, 1.165) is 35.6 Å². The second kappa shape index (κ2) is 12.7. The molecule has 2 amide bonds. The normalized spacial score (nSPS) is 14.5. The number of halogens is 1. The Balaban J connectivity index is 1.70. The van der Waals surface area contributed by atoms with E-state index in [0.29, 0.717) is 16.3 Å². The largest absolute Gasteiger partial charge is 0.352 e. The first-order valence-corrected chi connectivity index (χ1v) is 15.0. The highest BCUT2D eigenvalue weighted by molar-refractivity contribution is 7.92. The fourth-order valence-corrected chi connectivity index (χ4v) is 6.50. The van der Waals surface area contributed by atoms with Gasteiger partial charge in [-0.15, -0.1) is 0 Å². The molecule has 3 aromatic carbocycles. The van der Waals surface area contributed by atoms with Crippen LogP contribution in [0.25, 0.3) is 0 Å². The van der Waals surface area contributed by atoms with Gasteiger partial charge in [0.05, 0.1) is 10.6 Å². The van der Waals surface area contributed by atoms with Crippen LogP contribution in [0.1, 0.15) is 43.7 Å². The standard InChI is InChI=1S/C30H34ClN3O4S/c1-22-17-18-25(31)19-28(22)34(39(37,38)27-15-7-4-8-16-27)21-29(35)33(20-24-11-5-3-6-12-24)23(2)30(36)32-26-13-9-10-14-26/h3-8,11-12,15-19,23,26H,9-10,13-14,20-21H2,1-2H3,(H,32,36)/t23-/m0/s1. The molecule has 0 aromatic heterocycles. The number of carbonyl (C=O) groups excluding carboxylic acids is 2. The van der Waals surface area contributed by atoms with Gasteiger partial charge in [-0.25, -0.2) is 8.42 Å². The topological polar surface area (TPSA) is 86.8 Å². The van der Waals surface area contributed by atoms with Gasteiger partial charge in [0.1, 0.15) is 12.6 Å². The van der Waals surface area contributed by atoms with Crippen LogP contribution in [0.5, 0.6) is 0 Å². The summed E-state index contributed by atoms with van der Waals surface area (Å²) in [6.07, 6.45) is 3.97. The quantitative estimate of drug-likeness (QED) is 0.359. The first-order chi connectivity index (χ1) is 18.7. The molecule has 0 aliphatic heterocycles. The van der Waals surface area contributed by atoms with Gasteiger partial charge in [0.15, 0.2) is 0 Å². The van der Waals surface area contributed by atoms with E-state index >= 15 is 0 Å². The molecule has 0 unspecified atom stereocenters. The smallest absolute Gasteiger partial charge is 0.264 e. The summed E-state index contributed by atoms with van der Waals surface area (Å²) in [7, 11) is -4.13. The van der Waals surface area contributed by atoms with Crippen molar-refractivity contribution in [2.24, 2.45) is 0 Å². The van der Waals surface area contributed by atoms with Crippen LogP contribution in [-0.4, -0.2) is 43.8 Å². The van der Waals surface area contributed by atoms with Crippen LogP contribution < -0.4 is 9.62 Å². The molecule has 0 saturated heterocycles. The Morgan fingerprint density at radius 1 is 0.974 bits per heavy atom. The van der Waals surface area contributed by atoms with Crippen molar-refractivity contribution in [3.8, 4) is 0 Å². The zero-order chi connectivity index (χ0) is 28.0. The third-order valence-electron chi connectivity index (χ3n) is 7.11. The van der Waals surface area contributed by atoms with E-state index in [1.807, 2.05) is 30.3 Å². The average Bonchev–Trinajstić information content (AvgIpc) is 3.45. The summed E-state index contributed by atoms with van der Waals surface area (Å²) in [4.78, 5) is 28.8. The maximum atomic E-state index is 14.0. The summed E-state index contributed by atoms with van der Waals surface area (Å²) in [5, 5.41) is 3.42. The van der Waals surface area contributed by atoms with E-state index in [1.54, 1.807) is 50.2 Å². The van der Waals surface area contributed by atoms with Gasteiger partial charge in [-0.05, 0) is 62.1 Å². The van der Waals surface area contributed by atoms with E-state index in [2.05, 4.69) is 5.32 Å². The number of aryl methyl sites for hydroxylation is 1. The number of anilines is 1. The summed E-state index contributed by atoms with van der Waals surface area (Å²) in [6.45, 7) is 3.12. The molecule has 1 atom stereocenters. The van der Waals surface area contributed by atoms with Crippen molar-refractivity contribution in [1.82, 2.24) is 10.2 Å². The molecule has 1 aliphatic carbocycles. The Kier molecular flexibility index (Phi) is 9.30. The molecule has 1 aliphatic rings. The summed E-state index contributed by atoms with van der Waals surface area (Å²) in [5.74, 6) is -0.741. The van der Waals surface area contributed by atoms with Crippen LogP contribution in [-0.2, 0) is 26.2 Å². The highest BCUT2D eigenvalue weighted by Gasteiger charge is 2.33. The van der Waals surface area contributed by atoms with Crippen molar-refractivity contribution >= 4 is 39.1 Å². The van der Waals surface area contributed by atoms with Gasteiger partial charge in [-0.2, -0.15) is 0 Å². The van der Waals surface area contributed by atoms with Gasteiger partial charge in [0.25, 0.3) is 10.0 Å². The van der Waals surface area contributed by atoms with Gasteiger partial charge >= 0.3 is 0 Å². The van der Waals surface area contributed by atoms with Gasteiger partial charge in [0, 0.05) is 17.6 Å². The summed E-state index contributed by atoms with van der Waals surface area (Å²) >= 11 is 6.27. The maximum absolute atomic E-state index is 14.0. The fraction of sp³-hybridized carbons (Fsp3) is 0.333. The number of hydrogen-bond acceptors (Lipinski definition) is 4. The van der Waals surface area contributed by atoms with Crippen LogP contribution in [0.4, 0.5) is 5.69 Å². The van der Waals surface area contributed by atoms with Crippen molar-refractivity contribution in [1.29, 1.82) is 0 Å². The molecular weight excluding hydrogens is 534 g/mol. The fourth-order valence-electron chi connectivity index (χ4n) is 4.84. The minimum Gasteiger partial charge on any atom is -0.352 e. The van der Waals surface area contributed by atoms with Crippen LogP contribution in [0.3, 0.4) is 0 Å². The van der Waals surface area contributed by atoms with Gasteiger partial charge in [-0.1, -0.05) is 79.0 Å². The van der Waals surface area contributed by atoms with Crippen molar-refractivity contribution in [3.63, 3.8) is 0 Å². The molecule has 0 radical (unpaired) electrons. The number of nitrogens with zero attached hydrogens (tertiary/aromatic N) is 2. The number of nitrogens with one attached hydrogen (secondary N) is 1. The number of amides is 2. The van der Waals surface area contributed by atoms with Gasteiger partial charge in [0.2, 0.25) is 11.8 Å². The minimum atomic E-state index is -4.13. The lowest BCUT2D eigenvalue weighted by Crippen LogP contribution is -2.52. The number of rotatable bonds is 10. The Labute approximate surface area is 235 Å². The first-order valence-electron chi connectivity index (χ1n) is 13.1. The van der Waals surface area contributed by atoms with Gasteiger partial charge in [-0.3, -0.25) is 13.9 Å². The predicted octanol–water partition coefficient (Wildman–Crippen LogP) is 5.32. The summed E-state index contributed by atoms with van der Waals surface area (Å²) in [5.41, 5.74) is 1.79. The molecule has 4 rings (SSSR count). The molecule has 206 valence electrons. The zero-order valence-electron chi connectivity index (χ0n) is 22.2. The zero-order valence-corrected chi connectivity index (χ0v) is 23.8. The molecule has 0 heterocycles. The second-order valence-electron chi connectivity index (χ2n) is 9.93. The molecule has 7 nitrogen and oxygen atoms in total.